The number of amides is 1. The summed E-state index contributed by atoms with van der Waals surface area (Å²) in [6.45, 7) is 0. The number of carbonyl (C=O) groups is 1. The van der Waals surface area contributed by atoms with Crippen LogP contribution >= 0.6 is 35.2 Å². The van der Waals surface area contributed by atoms with Gasteiger partial charge in [-0.3, -0.25) is 9.36 Å². The molecule has 102 valence electrons. The summed E-state index contributed by atoms with van der Waals surface area (Å²) in [5.41, 5.74) is 0.802. The van der Waals surface area contributed by atoms with E-state index in [1.807, 2.05) is 30.3 Å². The molecule has 7 heteroatoms. The van der Waals surface area contributed by atoms with Gasteiger partial charge >= 0.3 is 0 Å². The zero-order valence-electron chi connectivity index (χ0n) is 10.3. The number of hydrogen-bond donors (Lipinski definition) is 1. The molecular formula is C13H10ClN3OS2. The minimum absolute atomic E-state index is 0.184. The lowest BCUT2D eigenvalue weighted by atomic mass is 10.3. The van der Waals surface area contributed by atoms with Crippen molar-refractivity contribution < 1.29 is 4.79 Å². The van der Waals surface area contributed by atoms with Crippen LogP contribution in [0.25, 0.3) is 5.69 Å². The molecule has 4 nitrogen and oxygen atoms in total. The van der Waals surface area contributed by atoms with Crippen LogP contribution < -0.4 is 5.32 Å². The van der Waals surface area contributed by atoms with Crippen LogP contribution in [0.15, 0.2) is 30.3 Å². The third-order valence-corrected chi connectivity index (χ3v) is 3.97. The van der Waals surface area contributed by atoms with E-state index in [0.29, 0.717) is 14.6 Å². The van der Waals surface area contributed by atoms with Crippen LogP contribution in [-0.2, 0) is 4.79 Å². The van der Waals surface area contributed by atoms with Gasteiger partial charge in [-0.2, -0.15) is 5.26 Å². The number of halogens is 1. The highest BCUT2D eigenvalue weighted by atomic mass is 35.5. The molecule has 0 saturated carbocycles. The lowest BCUT2D eigenvalue weighted by molar-refractivity contribution is -0.115. The van der Waals surface area contributed by atoms with Crippen molar-refractivity contribution in [2.75, 3.05) is 11.2 Å². The minimum atomic E-state index is -0.242. The second-order valence-electron chi connectivity index (χ2n) is 3.82. The molecule has 0 aliphatic rings. The van der Waals surface area contributed by atoms with Gasteiger partial charge in [0.25, 0.3) is 0 Å². The van der Waals surface area contributed by atoms with Gasteiger partial charge in [0.05, 0.1) is 0 Å². The summed E-state index contributed by atoms with van der Waals surface area (Å²) in [6.07, 6.45) is 0.184. The normalized spacial score (nSPS) is 10.0. The second kappa shape index (κ2) is 6.66. The van der Waals surface area contributed by atoms with Crippen molar-refractivity contribution >= 4 is 46.9 Å². The molecule has 1 N–H and O–H groups in total. The van der Waals surface area contributed by atoms with Gasteiger partial charge in [-0.25, -0.2) is 0 Å². The summed E-state index contributed by atoms with van der Waals surface area (Å²) < 4.78 is 2.19. The zero-order chi connectivity index (χ0) is 14.5. The number of rotatable bonds is 4. The van der Waals surface area contributed by atoms with E-state index in [0.717, 1.165) is 17.0 Å². The van der Waals surface area contributed by atoms with Crippen LogP contribution in [0.2, 0.25) is 0 Å². The fraction of sp³-hybridized carbons (Fsp3) is 0.154. The molecule has 0 radical (unpaired) electrons. The molecule has 0 atom stereocenters. The molecule has 0 bridgehead atoms. The van der Waals surface area contributed by atoms with Gasteiger partial charge in [0, 0.05) is 18.0 Å². The van der Waals surface area contributed by atoms with Crippen molar-refractivity contribution in [2.24, 2.45) is 0 Å². The largest absolute Gasteiger partial charge is 0.310 e. The number of aromatic nitrogens is 1. The first kappa shape index (κ1) is 14.7. The van der Waals surface area contributed by atoms with Crippen LogP contribution in [-0.4, -0.2) is 16.4 Å². The van der Waals surface area contributed by atoms with E-state index in [-0.39, 0.29) is 18.2 Å². The SMILES string of the molecule is N#Cc1sc(=S)n(-c2ccccc2)c1NC(=O)CCCl. The van der Waals surface area contributed by atoms with Crippen molar-refractivity contribution in [3.05, 3.63) is 39.2 Å². The number of alkyl halides is 1. The number of carbonyl (C=O) groups excluding carboxylic acids is 1. The first-order valence-electron chi connectivity index (χ1n) is 5.74. The molecule has 1 amide bonds. The Bertz CT molecular complexity index is 715. The smallest absolute Gasteiger partial charge is 0.226 e. The van der Waals surface area contributed by atoms with E-state index in [2.05, 4.69) is 11.4 Å². The molecule has 1 aromatic heterocycles. The van der Waals surface area contributed by atoms with E-state index in [1.54, 1.807) is 4.57 Å². The highest BCUT2D eigenvalue weighted by molar-refractivity contribution is 7.73. The second-order valence-corrected chi connectivity index (χ2v) is 5.84. The average molecular weight is 324 g/mol. The Morgan fingerprint density at radius 3 is 2.75 bits per heavy atom. The third-order valence-electron chi connectivity index (χ3n) is 2.51. The number of para-hydroxylation sites is 1. The highest BCUT2D eigenvalue weighted by Gasteiger charge is 2.16. The summed E-state index contributed by atoms with van der Waals surface area (Å²) in [5, 5.41) is 11.9. The first-order chi connectivity index (χ1) is 9.67. The van der Waals surface area contributed by atoms with Crippen molar-refractivity contribution in [1.29, 1.82) is 5.26 Å². The number of benzene rings is 1. The van der Waals surface area contributed by atoms with Gasteiger partial charge in [-0.15, -0.1) is 11.6 Å². The standard InChI is InChI=1S/C13H10ClN3OS2/c14-7-6-11(18)16-12-10(8-15)20-13(19)17(12)9-4-2-1-3-5-9/h1-5H,6-7H2,(H,16,18). The Balaban J connectivity index is 2.52. The van der Waals surface area contributed by atoms with E-state index in [9.17, 15) is 4.79 Å². The molecule has 0 spiro atoms. The number of nitriles is 1. The molecule has 0 aliphatic carbocycles. The van der Waals surface area contributed by atoms with Gasteiger partial charge in [0.2, 0.25) is 5.91 Å². The van der Waals surface area contributed by atoms with Crippen molar-refractivity contribution in [3.8, 4) is 11.8 Å². The molecule has 2 aromatic rings. The summed E-state index contributed by atoms with van der Waals surface area (Å²) in [7, 11) is 0. The van der Waals surface area contributed by atoms with E-state index >= 15 is 0 Å². The number of thiazole rings is 1. The topological polar surface area (TPSA) is 57.8 Å². The Morgan fingerprint density at radius 2 is 2.15 bits per heavy atom. The molecule has 1 aromatic carbocycles. The molecule has 20 heavy (non-hydrogen) atoms. The van der Waals surface area contributed by atoms with Gasteiger partial charge in [-0.1, -0.05) is 29.5 Å². The maximum atomic E-state index is 11.7. The first-order valence-corrected chi connectivity index (χ1v) is 7.50. The van der Waals surface area contributed by atoms with E-state index in [4.69, 9.17) is 29.1 Å². The molecule has 0 unspecified atom stereocenters. The van der Waals surface area contributed by atoms with Crippen LogP contribution in [0.4, 0.5) is 5.82 Å². The van der Waals surface area contributed by atoms with Crippen molar-refractivity contribution in [3.63, 3.8) is 0 Å². The fourth-order valence-electron chi connectivity index (χ4n) is 1.65. The lowest BCUT2D eigenvalue weighted by Gasteiger charge is -2.09. The van der Waals surface area contributed by atoms with Crippen LogP contribution in [0.5, 0.6) is 0 Å². The molecular weight excluding hydrogens is 314 g/mol. The number of nitrogens with zero attached hydrogens (tertiary/aromatic N) is 2. The monoisotopic (exact) mass is 323 g/mol. The number of nitrogens with one attached hydrogen (secondary N) is 1. The Kier molecular flexibility index (Phi) is 4.90. The maximum Gasteiger partial charge on any atom is 0.226 e. The predicted molar refractivity (Wildman–Crippen MR) is 83.2 cm³/mol. The van der Waals surface area contributed by atoms with Crippen LogP contribution in [0.1, 0.15) is 11.3 Å². The molecule has 0 aliphatic heterocycles. The van der Waals surface area contributed by atoms with Crippen molar-refractivity contribution in [1.82, 2.24) is 4.57 Å². The summed E-state index contributed by atoms with van der Waals surface area (Å²) in [6, 6.07) is 11.4. The van der Waals surface area contributed by atoms with Gasteiger partial charge < -0.3 is 5.32 Å². The Hall–Kier alpha value is -1.68. The molecule has 1 heterocycles. The zero-order valence-corrected chi connectivity index (χ0v) is 12.7. The van der Waals surface area contributed by atoms with Crippen molar-refractivity contribution in [2.45, 2.75) is 6.42 Å². The van der Waals surface area contributed by atoms with Gasteiger partial charge in [0.1, 0.15) is 16.8 Å². The quantitative estimate of drug-likeness (QED) is 0.689. The summed E-state index contributed by atoms with van der Waals surface area (Å²) in [5.74, 6) is 0.391. The molecule has 2 rings (SSSR count). The third kappa shape index (κ3) is 3.07. The van der Waals surface area contributed by atoms with E-state index < -0.39 is 0 Å². The molecule has 0 fully saturated rings. The lowest BCUT2D eigenvalue weighted by Crippen LogP contribution is -2.15. The van der Waals surface area contributed by atoms with Gasteiger partial charge in [-0.05, 0) is 24.4 Å². The fourth-order valence-corrected chi connectivity index (χ4v) is 3.02. The minimum Gasteiger partial charge on any atom is -0.310 e. The summed E-state index contributed by atoms with van der Waals surface area (Å²) in [4.78, 5) is 12.1. The Morgan fingerprint density at radius 1 is 1.45 bits per heavy atom. The molecule has 0 saturated heterocycles. The predicted octanol–water partition coefficient (Wildman–Crippen LogP) is 3.71. The van der Waals surface area contributed by atoms with Crippen LogP contribution in [0, 0.1) is 15.3 Å². The number of hydrogen-bond acceptors (Lipinski definition) is 4. The summed E-state index contributed by atoms with van der Waals surface area (Å²) >= 11 is 12.0. The Labute approximate surface area is 130 Å². The van der Waals surface area contributed by atoms with Crippen LogP contribution in [0.3, 0.4) is 0 Å². The maximum absolute atomic E-state index is 11.7. The van der Waals surface area contributed by atoms with Gasteiger partial charge in [0.15, 0.2) is 3.95 Å². The van der Waals surface area contributed by atoms with E-state index in [1.165, 1.54) is 0 Å². The number of anilines is 1. The average Bonchev–Trinajstić information content (AvgIpc) is 2.76. The highest BCUT2D eigenvalue weighted by Crippen LogP contribution is 2.28.